The molecule has 0 aliphatic carbocycles. The van der Waals surface area contributed by atoms with Crippen molar-refractivity contribution < 1.29 is 53.7 Å². The number of aliphatic carboxylic acids is 1. The van der Waals surface area contributed by atoms with Gasteiger partial charge in [-0.05, 0) is 84.8 Å². The summed E-state index contributed by atoms with van der Waals surface area (Å²) in [6, 6.07) is 19.2. The van der Waals surface area contributed by atoms with Crippen molar-refractivity contribution in [2.24, 2.45) is 11.7 Å². The first-order valence-electron chi connectivity index (χ1n) is 26.6. The molecule has 0 radical (unpaired) electrons. The van der Waals surface area contributed by atoms with Crippen molar-refractivity contribution in [1.82, 2.24) is 51.6 Å². The van der Waals surface area contributed by atoms with E-state index in [1.165, 1.54) is 54.3 Å². The molecular formula is C57H69N13O11S. The van der Waals surface area contributed by atoms with Crippen molar-refractivity contribution in [2.45, 2.75) is 109 Å². The Balaban J connectivity index is 1.18. The minimum atomic E-state index is -1.53. The van der Waals surface area contributed by atoms with Crippen LogP contribution >= 0.6 is 12.6 Å². The first-order chi connectivity index (χ1) is 39.3. The monoisotopic (exact) mass is 1140 g/mol. The molecule has 7 amide bonds. The Morgan fingerprint density at radius 1 is 0.634 bits per heavy atom. The topological polar surface area (TPSA) is 377 Å². The fourth-order valence-electron chi connectivity index (χ4n) is 8.82. The second kappa shape index (κ2) is 29.9. The number of phenols is 2. The van der Waals surface area contributed by atoms with Crippen LogP contribution in [-0.4, -0.2) is 131 Å². The van der Waals surface area contributed by atoms with Crippen LogP contribution in [0.15, 0.2) is 109 Å². The smallest absolute Gasteiger partial charge is 0.326 e. The molecule has 4 aromatic carbocycles. The Morgan fingerprint density at radius 3 is 1.68 bits per heavy atom. The van der Waals surface area contributed by atoms with Gasteiger partial charge in [-0.2, -0.15) is 17.7 Å². The van der Waals surface area contributed by atoms with Crippen LogP contribution in [-0.2, 0) is 64.2 Å². The largest absolute Gasteiger partial charge is 0.508 e. The number of carbonyl (C=O) groups is 8. The summed E-state index contributed by atoms with van der Waals surface area (Å²) < 4.78 is 1.42. The molecule has 0 saturated heterocycles. The van der Waals surface area contributed by atoms with Gasteiger partial charge in [0.1, 0.15) is 72.1 Å². The van der Waals surface area contributed by atoms with E-state index >= 15 is 0 Å². The lowest BCUT2D eigenvalue weighted by Crippen LogP contribution is -2.61. The summed E-state index contributed by atoms with van der Waals surface area (Å²) in [4.78, 5) is 117. The summed E-state index contributed by atoms with van der Waals surface area (Å²) >= 11 is 4.18. The van der Waals surface area contributed by atoms with Crippen LogP contribution in [0.5, 0.6) is 11.5 Å². The molecule has 14 N–H and O–H groups in total. The minimum absolute atomic E-state index is 0.00953. The molecular weight excluding hydrogens is 1070 g/mol. The Hall–Kier alpha value is -9.10. The highest BCUT2D eigenvalue weighted by atomic mass is 32.1. The normalized spacial score (nSPS) is 13.7. The molecule has 6 aromatic rings. The predicted octanol–water partition coefficient (Wildman–Crippen LogP) is 2.27. The third-order valence-electron chi connectivity index (χ3n) is 13.5. The van der Waals surface area contributed by atoms with E-state index in [0.29, 0.717) is 58.4 Å². The molecule has 25 heteroatoms. The average molecular weight is 1140 g/mol. The van der Waals surface area contributed by atoms with E-state index in [-0.39, 0.29) is 61.8 Å². The van der Waals surface area contributed by atoms with Crippen molar-refractivity contribution >= 4 is 82.5 Å². The van der Waals surface area contributed by atoms with Crippen LogP contribution in [0.3, 0.4) is 0 Å². The van der Waals surface area contributed by atoms with Crippen molar-refractivity contribution in [1.29, 1.82) is 0 Å². The fourth-order valence-corrected chi connectivity index (χ4v) is 9.08. The van der Waals surface area contributed by atoms with Crippen molar-refractivity contribution in [3.63, 3.8) is 0 Å². The van der Waals surface area contributed by atoms with Gasteiger partial charge in [0.05, 0.1) is 5.39 Å². The third kappa shape index (κ3) is 17.7. The van der Waals surface area contributed by atoms with Crippen LogP contribution in [0.25, 0.3) is 22.3 Å². The first kappa shape index (κ1) is 62.1. The number of thiol groups is 1. The number of aromatic hydroxyl groups is 2. The Kier molecular flexibility index (Phi) is 22.7. The van der Waals surface area contributed by atoms with Crippen LogP contribution in [0.4, 0.5) is 11.5 Å². The molecule has 82 heavy (non-hydrogen) atoms. The maximum Gasteiger partial charge on any atom is 0.326 e. The lowest BCUT2D eigenvalue weighted by molar-refractivity contribution is -0.142. The number of nitrogens with one attached hydrogen (secondary N) is 7. The number of nitrogen functional groups attached to an aromatic ring is 1. The maximum absolute atomic E-state index is 14.5. The molecule has 2 aromatic heterocycles. The van der Waals surface area contributed by atoms with Crippen LogP contribution in [0, 0.1) is 5.92 Å². The second-order valence-electron chi connectivity index (χ2n) is 19.7. The number of carboxylic acids is 1. The van der Waals surface area contributed by atoms with E-state index in [2.05, 4.69) is 64.9 Å². The lowest BCUT2D eigenvalue weighted by atomic mass is 9.96. The number of hydrogen-bond donors (Lipinski definition) is 13. The quantitative estimate of drug-likeness (QED) is 0.0237. The van der Waals surface area contributed by atoms with Crippen molar-refractivity contribution in [3.05, 3.63) is 126 Å². The van der Waals surface area contributed by atoms with E-state index in [0.717, 1.165) is 5.56 Å². The SMILES string of the molecule is CC[C@H](C)[C@H](NC(=O)[C@H](CS)NC(C)=O)C(=O)N[C@@H](Cc1ccc(O)cc1)C(=O)N[C@@H](CCCCN)C(=O)N[C@@H](Cc1ccc(O)cc1)C(=O)N[C@@H](Cc1ccc(NC(=O)Cn2nc(-c3ccccc3)c3c(N)ncnc32)cc1)C(=O)O. The lowest BCUT2D eigenvalue weighted by Gasteiger charge is -2.29. The van der Waals surface area contributed by atoms with E-state index in [1.54, 1.807) is 50.2 Å². The van der Waals surface area contributed by atoms with Crippen LogP contribution in [0.1, 0.15) is 63.1 Å². The van der Waals surface area contributed by atoms with Crippen molar-refractivity contribution in [3.8, 4) is 22.8 Å². The number of nitrogens with zero attached hydrogens (tertiary/aromatic N) is 4. The second-order valence-corrected chi connectivity index (χ2v) is 20.1. The van der Waals surface area contributed by atoms with Gasteiger partial charge in [-0.25, -0.2) is 19.4 Å². The summed E-state index contributed by atoms with van der Waals surface area (Å²) in [5.41, 5.74) is 15.5. The number of benzene rings is 4. The third-order valence-corrected chi connectivity index (χ3v) is 13.8. The number of phenolic OH excluding ortho intramolecular Hbond substituents is 2. The highest BCUT2D eigenvalue weighted by molar-refractivity contribution is 7.80. The molecule has 6 rings (SSSR count). The van der Waals surface area contributed by atoms with E-state index < -0.39 is 89.5 Å². The van der Waals surface area contributed by atoms with Gasteiger partial charge < -0.3 is 64.0 Å². The van der Waals surface area contributed by atoms with E-state index in [1.807, 2.05) is 30.3 Å². The molecule has 2 heterocycles. The van der Waals surface area contributed by atoms with Crippen LogP contribution in [0.2, 0.25) is 0 Å². The highest BCUT2D eigenvalue weighted by Crippen LogP contribution is 2.30. The molecule has 0 aliphatic rings. The molecule has 0 bridgehead atoms. The summed E-state index contributed by atoms with van der Waals surface area (Å²) in [6.07, 6.45) is 1.91. The first-order valence-corrected chi connectivity index (χ1v) is 27.2. The Bertz CT molecular complexity index is 3180. The highest BCUT2D eigenvalue weighted by Gasteiger charge is 2.35. The molecule has 0 unspecified atom stereocenters. The van der Waals surface area contributed by atoms with Gasteiger partial charge in [0.25, 0.3) is 0 Å². The van der Waals surface area contributed by atoms with Gasteiger partial charge in [-0.3, -0.25) is 33.6 Å². The molecule has 0 spiro atoms. The van der Waals surface area contributed by atoms with Gasteiger partial charge >= 0.3 is 5.97 Å². The van der Waals surface area contributed by atoms with Gasteiger partial charge in [0, 0.05) is 43.2 Å². The number of unbranched alkanes of at least 4 members (excludes halogenated alkanes) is 1. The van der Waals surface area contributed by atoms with E-state index in [4.69, 9.17) is 11.5 Å². The molecule has 0 aliphatic heterocycles. The number of anilines is 2. The van der Waals surface area contributed by atoms with Gasteiger partial charge in [-0.1, -0.05) is 87.0 Å². The zero-order chi connectivity index (χ0) is 59.5. The Labute approximate surface area is 478 Å². The number of aromatic nitrogens is 4. The van der Waals surface area contributed by atoms with Crippen LogP contribution < -0.4 is 48.7 Å². The minimum Gasteiger partial charge on any atom is -0.508 e. The fraction of sp³-hybridized carbons (Fsp3) is 0.351. The molecule has 0 fully saturated rings. The molecule has 434 valence electrons. The molecule has 7 atom stereocenters. The molecule has 0 saturated carbocycles. The zero-order valence-corrected chi connectivity index (χ0v) is 46.4. The summed E-state index contributed by atoms with van der Waals surface area (Å²) in [6.45, 7) is 4.76. The number of hydrogen-bond acceptors (Lipinski definition) is 16. The predicted molar refractivity (Wildman–Crippen MR) is 309 cm³/mol. The maximum atomic E-state index is 14.5. The number of nitrogens with two attached hydrogens (primary N) is 2. The number of carbonyl (C=O) groups excluding carboxylic acids is 7. The number of amides is 7. The molecule has 24 nitrogen and oxygen atoms in total. The van der Waals surface area contributed by atoms with Gasteiger partial charge in [0.2, 0.25) is 41.4 Å². The average Bonchev–Trinajstić information content (AvgIpc) is 4.11. The summed E-state index contributed by atoms with van der Waals surface area (Å²) in [5.74, 6) is -6.80. The van der Waals surface area contributed by atoms with E-state index in [9.17, 15) is 53.7 Å². The number of carboxylic acid groups (broad SMARTS) is 1. The summed E-state index contributed by atoms with van der Waals surface area (Å²) in [7, 11) is 0. The van der Waals surface area contributed by atoms with Gasteiger partial charge in [0.15, 0.2) is 5.65 Å². The summed E-state index contributed by atoms with van der Waals surface area (Å²) in [5, 5.41) is 54.3. The van der Waals surface area contributed by atoms with Crippen molar-refractivity contribution in [2.75, 3.05) is 23.3 Å². The number of rotatable bonds is 29. The van der Waals surface area contributed by atoms with Gasteiger partial charge in [-0.15, -0.1) is 0 Å². The standard InChI is InChI=1S/C57H69N13O11S/c1-4-32(2)48(68-55(78)45(30-82)62-33(3)71)56(79)66-43(27-36-17-23-40(73)24-18-36)53(76)64-41(12-8-9-25-58)52(75)65-42(26-35-15-21-39(72)22-16-35)54(77)67-44(57(80)81)28-34-13-19-38(20-14-34)63-46(74)29-70-51-47(50(59)60-31-61-51)49(69-70)37-10-6-5-7-11-37/h5-7,10-11,13-24,31-32,41-45,48,72-73,82H,4,8-9,12,25-30,58H2,1-3H3,(H,62,71)(H,63,74)(H,64,76)(H,65,75)(H,66,79)(H,67,77)(H,68,78)(H,80,81)(H2,59,60,61)/t32-,41-,42-,43-,44-,45-,48-/m0/s1. The number of fused-ring (bicyclic) bond motifs is 1. The Morgan fingerprint density at radius 2 is 1.15 bits per heavy atom. The zero-order valence-electron chi connectivity index (χ0n) is 45.5.